The fraction of sp³-hybridized carbons (Fsp3) is 0.737. The molecule has 4 aliphatic rings. The van der Waals surface area contributed by atoms with Crippen molar-refractivity contribution < 1.29 is 29.3 Å². The first-order valence-corrected chi connectivity index (χ1v) is 17.7. The second-order valence-electron chi connectivity index (χ2n) is 15.1. The van der Waals surface area contributed by atoms with Crippen LogP contribution in [0.5, 0.6) is 0 Å². The Labute approximate surface area is 270 Å². The SMILES string of the molecule is C=C1/C(=C\C=C2/CCC[C@]3(C)[C@@H]([C@H](C)CC[C@H](OC(=O)C(C)CO)C4(c5ncc(CCCC)o5)CC4)CC[C@@H]23)C[C@@H](O)C[C@@H]1O. The van der Waals surface area contributed by atoms with Crippen LogP contribution in [0.1, 0.15) is 123 Å². The van der Waals surface area contributed by atoms with Crippen molar-refractivity contribution in [2.75, 3.05) is 6.61 Å². The molecule has 0 aliphatic heterocycles. The van der Waals surface area contributed by atoms with Crippen LogP contribution in [-0.4, -0.2) is 51.2 Å². The minimum atomic E-state index is -0.664. The van der Waals surface area contributed by atoms with Crippen LogP contribution >= 0.6 is 0 Å². The van der Waals surface area contributed by atoms with Gasteiger partial charge in [-0.3, -0.25) is 4.79 Å². The molecule has 0 aromatic carbocycles. The number of hydrogen-bond acceptors (Lipinski definition) is 7. The third-order valence-electron chi connectivity index (χ3n) is 12.0. The molecule has 0 radical (unpaired) electrons. The maximum Gasteiger partial charge on any atom is 0.311 e. The zero-order chi connectivity index (χ0) is 32.4. The van der Waals surface area contributed by atoms with Gasteiger partial charge in [0, 0.05) is 12.8 Å². The number of fused-ring (bicyclic) bond motifs is 1. The second kappa shape index (κ2) is 14.3. The summed E-state index contributed by atoms with van der Waals surface area (Å²) < 4.78 is 12.4. The number of hydrogen-bond donors (Lipinski definition) is 3. The van der Waals surface area contributed by atoms with Gasteiger partial charge in [-0.25, -0.2) is 4.98 Å². The summed E-state index contributed by atoms with van der Waals surface area (Å²) in [6, 6.07) is 0. The molecule has 0 amide bonds. The Morgan fingerprint density at radius 1 is 1.20 bits per heavy atom. The Kier molecular flexibility index (Phi) is 10.8. The van der Waals surface area contributed by atoms with Gasteiger partial charge >= 0.3 is 5.97 Å². The monoisotopic (exact) mass is 623 g/mol. The number of esters is 1. The number of unbranched alkanes of at least 4 members (excludes halogenated alkanes) is 1. The van der Waals surface area contributed by atoms with Gasteiger partial charge in [0.25, 0.3) is 0 Å². The van der Waals surface area contributed by atoms with E-state index in [2.05, 4.69) is 44.5 Å². The molecule has 250 valence electrons. The van der Waals surface area contributed by atoms with E-state index in [4.69, 9.17) is 9.15 Å². The molecule has 4 aliphatic carbocycles. The molecule has 7 heteroatoms. The lowest BCUT2D eigenvalue weighted by Crippen LogP contribution is -2.37. The van der Waals surface area contributed by atoms with Crippen molar-refractivity contribution in [3.8, 4) is 0 Å². The highest BCUT2D eigenvalue weighted by atomic mass is 16.5. The van der Waals surface area contributed by atoms with E-state index < -0.39 is 18.1 Å². The lowest BCUT2D eigenvalue weighted by molar-refractivity contribution is -0.157. The van der Waals surface area contributed by atoms with Gasteiger partial charge in [-0.05, 0) is 112 Å². The standard InChI is InChI=1S/C38H57NO6/c1-6-7-10-30-22-39-36(44-30)38(18-19-38)34(45-35(43)25(3)23-40)16-11-24(2)31-14-15-32-27(9-8-17-37(31,32)5)12-13-28-20-29(41)21-33(42)26(28)4/h12-13,22,24-25,29,31-34,40-42H,4,6-11,14-21,23H2,1-3,5H3/b27-12+,28-13-/t24-,25?,29-,31-,32+,33+,34+,37-/m1/s1. The minimum absolute atomic E-state index is 0.218. The molecule has 1 aromatic rings. The number of nitrogens with zero attached hydrogens (tertiary/aromatic N) is 1. The summed E-state index contributed by atoms with van der Waals surface area (Å²) in [5, 5.41) is 30.2. The maximum atomic E-state index is 13.0. The number of aryl methyl sites for hydroxylation is 1. The molecule has 0 saturated heterocycles. The number of allylic oxidation sites excluding steroid dienone is 3. The van der Waals surface area contributed by atoms with Crippen molar-refractivity contribution in [2.45, 2.75) is 141 Å². The minimum Gasteiger partial charge on any atom is -0.461 e. The van der Waals surface area contributed by atoms with Gasteiger partial charge in [-0.2, -0.15) is 0 Å². The van der Waals surface area contributed by atoms with Crippen LogP contribution in [0.15, 0.2) is 46.1 Å². The van der Waals surface area contributed by atoms with Gasteiger partial charge in [-0.1, -0.05) is 51.5 Å². The van der Waals surface area contributed by atoms with Crippen molar-refractivity contribution in [3.05, 3.63) is 53.3 Å². The van der Waals surface area contributed by atoms with E-state index in [1.807, 2.05) is 6.20 Å². The number of aliphatic hydroxyl groups is 3. The van der Waals surface area contributed by atoms with E-state index in [0.717, 1.165) is 68.3 Å². The summed E-state index contributed by atoms with van der Waals surface area (Å²) in [7, 11) is 0. The van der Waals surface area contributed by atoms with E-state index in [1.54, 1.807) is 6.92 Å². The van der Waals surface area contributed by atoms with Crippen molar-refractivity contribution in [2.24, 2.45) is 29.1 Å². The van der Waals surface area contributed by atoms with Crippen molar-refractivity contribution in [1.82, 2.24) is 4.98 Å². The fourth-order valence-electron chi connectivity index (χ4n) is 8.89. The van der Waals surface area contributed by atoms with Gasteiger partial charge in [0.2, 0.25) is 5.89 Å². The molecule has 4 fully saturated rings. The Morgan fingerprint density at radius 2 is 1.98 bits per heavy atom. The van der Waals surface area contributed by atoms with E-state index in [1.165, 1.54) is 31.3 Å². The number of rotatable bonds is 13. The number of carbonyl (C=O) groups excluding carboxylic acids is 1. The first-order chi connectivity index (χ1) is 21.5. The number of aliphatic hydroxyl groups excluding tert-OH is 3. The average Bonchev–Trinajstić information content (AvgIpc) is 3.53. The van der Waals surface area contributed by atoms with E-state index in [-0.39, 0.29) is 29.5 Å². The normalized spacial score (nSPS) is 33.2. The average molecular weight is 624 g/mol. The zero-order valence-corrected chi connectivity index (χ0v) is 28.1. The van der Waals surface area contributed by atoms with Crippen LogP contribution in [0.3, 0.4) is 0 Å². The predicted octanol–water partition coefficient (Wildman–Crippen LogP) is 7.15. The third-order valence-corrected chi connectivity index (χ3v) is 12.0. The van der Waals surface area contributed by atoms with E-state index in [0.29, 0.717) is 36.5 Å². The Balaban J connectivity index is 1.29. The number of aromatic nitrogens is 1. The van der Waals surface area contributed by atoms with Gasteiger partial charge in [0.05, 0.1) is 36.3 Å². The predicted molar refractivity (Wildman–Crippen MR) is 175 cm³/mol. The van der Waals surface area contributed by atoms with Crippen LogP contribution in [0.2, 0.25) is 0 Å². The molecule has 4 saturated carbocycles. The quantitative estimate of drug-likeness (QED) is 0.200. The zero-order valence-electron chi connectivity index (χ0n) is 28.1. The Bertz CT molecular complexity index is 1260. The molecule has 0 bridgehead atoms. The van der Waals surface area contributed by atoms with Gasteiger partial charge in [0.1, 0.15) is 11.9 Å². The molecule has 1 unspecified atom stereocenters. The molecule has 1 aromatic heterocycles. The molecule has 8 atom stereocenters. The fourth-order valence-corrected chi connectivity index (χ4v) is 8.89. The van der Waals surface area contributed by atoms with E-state index in [9.17, 15) is 20.1 Å². The van der Waals surface area contributed by atoms with Crippen LogP contribution < -0.4 is 0 Å². The highest BCUT2D eigenvalue weighted by Crippen LogP contribution is 2.60. The molecule has 5 rings (SSSR count). The molecular weight excluding hydrogens is 566 g/mol. The van der Waals surface area contributed by atoms with Gasteiger partial charge in [0.15, 0.2) is 0 Å². The first kappa shape index (κ1) is 34.1. The summed E-state index contributed by atoms with van der Waals surface area (Å²) in [6.45, 7) is 12.6. The summed E-state index contributed by atoms with van der Waals surface area (Å²) in [6.07, 6.45) is 18.1. The molecule has 45 heavy (non-hydrogen) atoms. The molecule has 1 heterocycles. The molecule has 7 nitrogen and oxygen atoms in total. The third kappa shape index (κ3) is 7.21. The summed E-state index contributed by atoms with van der Waals surface area (Å²) >= 11 is 0. The number of oxazole rings is 1. The molecule has 3 N–H and O–H groups in total. The number of ether oxygens (including phenoxy) is 1. The second-order valence-corrected chi connectivity index (χ2v) is 15.1. The largest absolute Gasteiger partial charge is 0.461 e. The topological polar surface area (TPSA) is 113 Å². The first-order valence-electron chi connectivity index (χ1n) is 17.7. The maximum absolute atomic E-state index is 13.0. The van der Waals surface area contributed by atoms with Gasteiger partial charge < -0.3 is 24.5 Å². The molecular formula is C38H57NO6. The molecule has 0 spiro atoms. The summed E-state index contributed by atoms with van der Waals surface area (Å²) in [5.41, 5.74) is 3.06. The van der Waals surface area contributed by atoms with Crippen LogP contribution in [-0.2, 0) is 21.4 Å². The van der Waals surface area contributed by atoms with Crippen molar-refractivity contribution >= 4 is 5.97 Å². The van der Waals surface area contributed by atoms with Crippen molar-refractivity contribution in [3.63, 3.8) is 0 Å². The smallest absolute Gasteiger partial charge is 0.311 e. The number of carbonyl (C=O) groups is 1. The Hall–Kier alpha value is -2.22. The Morgan fingerprint density at radius 3 is 2.69 bits per heavy atom. The van der Waals surface area contributed by atoms with E-state index >= 15 is 0 Å². The van der Waals surface area contributed by atoms with Gasteiger partial charge in [-0.15, -0.1) is 0 Å². The summed E-state index contributed by atoms with van der Waals surface area (Å²) in [5.74, 6) is 2.30. The van der Waals surface area contributed by atoms with Crippen molar-refractivity contribution in [1.29, 1.82) is 0 Å². The van der Waals surface area contributed by atoms with Crippen LogP contribution in [0.4, 0.5) is 0 Å². The lowest BCUT2D eigenvalue weighted by Gasteiger charge is -2.44. The van der Waals surface area contributed by atoms with Crippen LogP contribution in [0.25, 0.3) is 0 Å². The summed E-state index contributed by atoms with van der Waals surface area (Å²) in [4.78, 5) is 17.7. The highest BCUT2D eigenvalue weighted by molar-refractivity contribution is 5.72. The van der Waals surface area contributed by atoms with Crippen LogP contribution in [0, 0.1) is 29.1 Å². The highest BCUT2D eigenvalue weighted by Gasteiger charge is 2.57. The lowest BCUT2D eigenvalue weighted by atomic mass is 9.60.